The summed E-state index contributed by atoms with van der Waals surface area (Å²) in [6.45, 7) is 4.88. The number of H-pyrrole nitrogens is 1. The zero-order valence-electron chi connectivity index (χ0n) is 19.6. The Morgan fingerprint density at radius 1 is 0.943 bits per heavy atom. The molecule has 2 aromatic carbocycles. The van der Waals surface area contributed by atoms with Crippen molar-refractivity contribution in [2.45, 2.75) is 42.3 Å². The molecule has 0 atom stereocenters. The zero-order valence-corrected chi connectivity index (χ0v) is 20.4. The number of rotatable bonds is 5. The molecule has 0 radical (unpaired) electrons. The Balaban J connectivity index is 1.40. The van der Waals surface area contributed by atoms with E-state index in [1.54, 1.807) is 30.3 Å². The number of likely N-dealkylation sites (tertiary alicyclic amines) is 1. The first-order valence-electron chi connectivity index (χ1n) is 11.9. The molecule has 1 N–H and O–H groups in total. The Morgan fingerprint density at radius 3 is 2.34 bits per heavy atom. The molecule has 178 valence electrons. The van der Waals surface area contributed by atoms with Crippen LogP contribution in [0.25, 0.3) is 22.1 Å². The molecule has 0 spiro atoms. The molecule has 6 rings (SSSR count). The van der Waals surface area contributed by atoms with Crippen molar-refractivity contribution in [3.8, 4) is 0 Å². The maximum absolute atomic E-state index is 13.6. The van der Waals surface area contributed by atoms with Gasteiger partial charge in [0.05, 0.1) is 10.4 Å². The van der Waals surface area contributed by atoms with Crippen LogP contribution in [0.1, 0.15) is 30.3 Å². The van der Waals surface area contributed by atoms with Crippen LogP contribution in [0, 0.1) is 6.92 Å². The molecule has 7 nitrogen and oxygen atoms in total. The highest BCUT2D eigenvalue weighted by Crippen LogP contribution is 2.36. The van der Waals surface area contributed by atoms with Crippen LogP contribution >= 0.6 is 0 Å². The molecule has 1 saturated heterocycles. The molecule has 0 aliphatic carbocycles. The molecule has 1 aliphatic rings. The number of benzene rings is 2. The maximum atomic E-state index is 13.6. The summed E-state index contributed by atoms with van der Waals surface area (Å²) in [6.07, 6.45) is 3.77. The van der Waals surface area contributed by atoms with Crippen LogP contribution in [0.3, 0.4) is 0 Å². The van der Waals surface area contributed by atoms with Crippen LogP contribution in [-0.4, -0.2) is 45.9 Å². The van der Waals surface area contributed by atoms with Crippen molar-refractivity contribution in [1.29, 1.82) is 0 Å². The highest BCUT2D eigenvalue weighted by molar-refractivity contribution is 7.91. The third kappa shape index (κ3) is 3.83. The van der Waals surface area contributed by atoms with Crippen molar-refractivity contribution < 1.29 is 8.42 Å². The SMILES string of the molecule is Cc1nc2c(S(=O)(=O)c3ccccc3)nc3[nH]ccc3c2n1C1CCN(Cc2ccccc2)CC1. The highest BCUT2D eigenvalue weighted by Gasteiger charge is 2.30. The van der Waals surface area contributed by atoms with E-state index in [2.05, 4.69) is 43.7 Å². The second kappa shape index (κ2) is 8.62. The molecule has 0 saturated carbocycles. The van der Waals surface area contributed by atoms with E-state index < -0.39 is 9.84 Å². The predicted octanol–water partition coefficient (Wildman–Crippen LogP) is 4.89. The number of hydrogen-bond donors (Lipinski definition) is 1. The Labute approximate surface area is 204 Å². The fraction of sp³-hybridized carbons (Fsp3) is 0.259. The van der Waals surface area contributed by atoms with Gasteiger partial charge in [0.1, 0.15) is 17.0 Å². The molecule has 0 unspecified atom stereocenters. The quantitative estimate of drug-likeness (QED) is 0.383. The average molecular weight is 486 g/mol. The number of hydrogen-bond acceptors (Lipinski definition) is 5. The molecular formula is C27H27N5O2S. The number of aromatic amines is 1. The summed E-state index contributed by atoms with van der Waals surface area (Å²) in [5.74, 6) is 0.821. The molecule has 1 aliphatic heterocycles. The third-order valence-corrected chi connectivity index (χ3v) is 8.65. The summed E-state index contributed by atoms with van der Waals surface area (Å²) < 4.78 is 29.4. The number of aryl methyl sites for hydroxylation is 1. The molecule has 3 aromatic heterocycles. The largest absolute Gasteiger partial charge is 0.346 e. The number of sulfone groups is 1. The minimum Gasteiger partial charge on any atom is -0.346 e. The van der Waals surface area contributed by atoms with Gasteiger partial charge in [0.25, 0.3) is 0 Å². The Bertz CT molecular complexity index is 1600. The van der Waals surface area contributed by atoms with E-state index in [1.165, 1.54) is 5.56 Å². The summed E-state index contributed by atoms with van der Waals surface area (Å²) >= 11 is 0. The van der Waals surface area contributed by atoms with Gasteiger partial charge in [-0.2, -0.15) is 0 Å². The smallest absolute Gasteiger partial charge is 0.226 e. The number of piperidine rings is 1. The lowest BCUT2D eigenvalue weighted by Crippen LogP contribution is -2.34. The first-order valence-corrected chi connectivity index (χ1v) is 13.4. The van der Waals surface area contributed by atoms with E-state index in [0.717, 1.165) is 49.2 Å². The minimum absolute atomic E-state index is 0.0111. The number of imidazole rings is 1. The summed E-state index contributed by atoms with van der Waals surface area (Å²) in [7, 11) is -3.83. The molecule has 0 amide bonds. The summed E-state index contributed by atoms with van der Waals surface area (Å²) in [5, 5.41) is 0.913. The van der Waals surface area contributed by atoms with E-state index in [0.29, 0.717) is 11.2 Å². The van der Waals surface area contributed by atoms with Gasteiger partial charge < -0.3 is 9.55 Å². The average Bonchev–Trinajstić information content (AvgIpc) is 3.49. The van der Waals surface area contributed by atoms with Gasteiger partial charge in [-0.3, -0.25) is 4.90 Å². The fourth-order valence-corrected chi connectivity index (χ4v) is 6.62. The number of aromatic nitrogens is 4. The Hall–Kier alpha value is -3.49. The third-order valence-electron chi connectivity index (χ3n) is 6.96. The van der Waals surface area contributed by atoms with Crippen molar-refractivity contribution >= 4 is 31.9 Å². The van der Waals surface area contributed by atoms with Gasteiger partial charge in [-0.25, -0.2) is 18.4 Å². The molecule has 0 bridgehead atoms. The normalized spacial score (nSPS) is 15.8. The Kier molecular flexibility index (Phi) is 5.42. The second-order valence-corrected chi connectivity index (χ2v) is 11.1. The predicted molar refractivity (Wildman–Crippen MR) is 136 cm³/mol. The molecular weight excluding hydrogens is 458 g/mol. The standard InChI is InChI=1S/C27H27N5O2S/c1-19-29-24-25(32(19)21-13-16-31(17-14-21)18-20-8-4-2-5-9-20)23-12-15-28-26(23)30-27(24)35(33,34)22-10-6-3-7-11-22/h2-12,15,21H,13-14,16-18H2,1H3,(H,28,30). The van der Waals surface area contributed by atoms with Crippen LogP contribution < -0.4 is 0 Å². The molecule has 1 fully saturated rings. The highest BCUT2D eigenvalue weighted by atomic mass is 32.2. The van der Waals surface area contributed by atoms with Gasteiger partial charge >= 0.3 is 0 Å². The fourth-order valence-electron chi connectivity index (χ4n) is 5.27. The Morgan fingerprint density at radius 2 is 1.63 bits per heavy atom. The molecule has 4 heterocycles. The molecule has 8 heteroatoms. The maximum Gasteiger partial charge on any atom is 0.226 e. The minimum atomic E-state index is -3.83. The summed E-state index contributed by atoms with van der Waals surface area (Å²) in [4.78, 5) is 15.2. The lowest BCUT2D eigenvalue weighted by atomic mass is 10.0. The first kappa shape index (κ1) is 22.0. The van der Waals surface area contributed by atoms with Gasteiger partial charge in [-0.15, -0.1) is 0 Å². The summed E-state index contributed by atoms with van der Waals surface area (Å²) in [6, 6.07) is 21.2. The van der Waals surface area contributed by atoms with Crippen molar-refractivity contribution in [2.24, 2.45) is 0 Å². The van der Waals surface area contributed by atoms with Crippen molar-refractivity contribution in [2.75, 3.05) is 13.1 Å². The van der Waals surface area contributed by atoms with Gasteiger partial charge in [0.15, 0.2) is 5.03 Å². The number of fused-ring (bicyclic) bond motifs is 3. The van der Waals surface area contributed by atoms with Crippen LogP contribution in [0.15, 0.2) is 82.8 Å². The van der Waals surface area contributed by atoms with Gasteiger partial charge in [-0.05, 0) is 43.5 Å². The van der Waals surface area contributed by atoms with Crippen molar-refractivity contribution in [1.82, 2.24) is 24.4 Å². The van der Waals surface area contributed by atoms with Gasteiger partial charge in [-0.1, -0.05) is 48.5 Å². The van der Waals surface area contributed by atoms with Crippen LogP contribution in [-0.2, 0) is 16.4 Å². The second-order valence-electron chi connectivity index (χ2n) is 9.19. The lowest BCUT2D eigenvalue weighted by Gasteiger charge is -2.33. The summed E-state index contributed by atoms with van der Waals surface area (Å²) in [5.41, 5.74) is 3.19. The number of nitrogens with zero attached hydrogens (tertiary/aromatic N) is 4. The molecule has 5 aromatic rings. The topological polar surface area (TPSA) is 83.9 Å². The van der Waals surface area contributed by atoms with Gasteiger partial charge in [0, 0.05) is 37.3 Å². The van der Waals surface area contributed by atoms with Gasteiger partial charge in [0.2, 0.25) is 9.84 Å². The molecule has 35 heavy (non-hydrogen) atoms. The van der Waals surface area contributed by atoms with E-state index in [-0.39, 0.29) is 16.0 Å². The zero-order chi connectivity index (χ0) is 24.0. The van der Waals surface area contributed by atoms with Crippen LogP contribution in [0.5, 0.6) is 0 Å². The van der Waals surface area contributed by atoms with Crippen molar-refractivity contribution in [3.05, 3.63) is 84.3 Å². The van der Waals surface area contributed by atoms with Crippen LogP contribution in [0.2, 0.25) is 0 Å². The monoisotopic (exact) mass is 485 g/mol. The van der Waals surface area contributed by atoms with E-state index in [9.17, 15) is 8.42 Å². The van der Waals surface area contributed by atoms with Crippen LogP contribution in [0.4, 0.5) is 0 Å². The number of nitrogens with one attached hydrogen (secondary N) is 1. The van der Waals surface area contributed by atoms with Crippen molar-refractivity contribution in [3.63, 3.8) is 0 Å². The van der Waals surface area contributed by atoms with E-state index >= 15 is 0 Å². The number of pyridine rings is 1. The first-order chi connectivity index (χ1) is 17.0. The lowest BCUT2D eigenvalue weighted by molar-refractivity contribution is 0.180. The van der Waals surface area contributed by atoms with E-state index in [4.69, 9.17) is 4.98 Å². The van der Waals surface area contributed by atoms with E-state index in [1.807, 2.05) is 25.3 Å².